The van der Waals surface area contributed by atoms with E-state index in [2.05, 4.69) is 228 Å². The number of aromatic nitrogens is 8. The van der Waals surface area contributed by atoms with Crippen LogP contribution in [0.1, 0.15) is 56.2 Å². The fourth-order valence-electron chi connectivity index (χ4n) is 12.5. The van der Waals surface area contributed by atoms with Gasteiger partial charge in [0.05, 0.1) is 128 Å². The Bertz CT molecular complexity index is 5730. The summed E-state index contributed by atoms with van der Waals surface area (Å²) in [6.45, 7) is 15.1. The number of nitriles is 2. The summed E-state index contributed by atoms with van der Waals surface area (Å²) in [5, 5.41) is 19.4. The third kappa shape index (κ3) is 10.4. The lowest BCUT2D eigenvalue weighted by molar-refractivity contribution is 1.17. The van der Waals surface area contributed by atoms with E-state index in [9.17, 15) is 10.5 Å². The van der Waals surface area contributed by atoms with Gasteiger partial charge in [0.1, 0.15) is 22.1 Å². The second-order valence-electron chi connectivity index (χ2n) is 22.7. The van der Waals surface area contributed by atoms with E-state index >= 15 is 0 Å². The fourth-order valence-corrected chi connectivity index (χ4v) is 15.8. The van der Waals surface area contributed by atoms with Crippen LogP contribution in [0.2, 0.25) is 0 Å². The van der Waals surface area contributed by atoms with E-state index in [1.807, 2.05) is 72.8 Å². The van der Waals surface area contributed by atoms with Crippen molar-refractivity contribution in [1.29, 1.82) is 10.5 Å². The van der Waals surface area contributed by atoms with Gasteiger partial charge in [-0.1, -0.05) is 132 Å². The van der Waals surface area contributed by atoms with Crippen LogP contribution in [0.3, 0.4) is 0 Å². The molecule has 0 saturated heterocycles. The van der Waals surface area contributed by atoms with Crippen LogP contribution >= 0.6 is 47.0 Å². The predicted molar refractivity (Wildman–Crippen MR) is 395 cm³/mol. The van der Waals surface area contributed by atoms with Crippen LogP contribution < -0.4 is 9.80 Å². The molecule has 0 atom stereocenters. The monoisotopic (exact) mass is 1320 g/mol. The number of benzene rings is 8. The first-order valence-electron chi connectivity index (χ1n) is 30.6. The standard InChI is InChI=1S/C80H40N14S4/c1-83-53(45-81)43-51-21-19-49(77-79(51)91-97-89-77)27-33-57-59-35-39-63(85-59)75(47-23-29-55(30-24-47)93-67-11-3-7-15-71(67)95-72-16-8-4-12-68(72)93)65-41-37-61(87-65)58(34-28-50-20-22-52(44-54(46-82)84-2)80-78(50)90-98-92-80)62-38-42-66(88-62)76(64-40-36-60(57)86-64)48-25-31-56(32-26-48)94-69-13-5-9-17-73(69)96-74-18-10-6-14-70(74)94/h3-26,29-32,35-44,85,88H/b53-43-,54-44+,59-57?,60-57?,61-58?,62-58?,75-63?,75-65?,76-64?,76-66?. The highest BCUT2D eigenvalue weighted by molar-refractivity contribution is 8.00. The Labute approximate surface area is 577 Å². The molecule has 98 heavy (non-hydrogen) atoms. The number of hydrogen-bond acceptors (Lipinski definition) is 14. The molecular weight excluding hydrogens is 1290 g/mol. The van der Waals surface area contributed by atoms with Crippen molar-refractivity contribution in [3.63, 3.8) is 0 Å². The minimum absolute atomic E-state index is 0.0649. The Hall–Kier alpha value is -13.1. The Morgan fingerprint density at radius 2 is 0.755 bits per heavy atom. The summed E-state index contributed by atoms with van der Waals surface area (Å²) in [6.07, 6.45) is 11.1. The summed E-state index contributed by atoms with van der Waals surface area (Å²) in [7, 11) is 0. The van der Waals surface area contributed by atoms with Gasteiger partial charge in [-0.05, 0) is 168 Å². The Morgan fingerprint density at radius 1 is 0.398 bits per heavy atom. The lowest BCUT2D eigenvalue weighted by Gasteiger charge is -2.32. The van der Waals surface area contributed by atoms with Gasteiger partial charge in [0.15, 0.2) is 0 Å². The Kier molecular flexibility index (Phi) is 14.8. The first-order chi connectivity index (χ1) is 48.4. The summed E-state index contributed by atoms with van der Waals surface area (Å²) in [5.74, 6) is 14.1. The normalized spacial score (nSPS) is 12.6. The smallest absolute Gasteiger partial charge is 0.262 e. The number of para-hydroxylation sites is 4. The molecule has 8 bridgehead atoms. The molecule has 14 nitrogen and oxygen atoms in total. The van der Waals surface area contributed by atoms with Crippen molar-refractivity contribution in [3.8, 4) is 58.1 Å². The van der Waals surface area contributed by atoms with E-state index in [4.69, 9.17) is 23.1 Å². The van der Waals surface area contributed by atoms with Crippen LogP contribution in [-0.4, -0.2) is 37.4 Å². The highest BCUT2D eigenvalue weighted by atomic mass is 32.2. The van der Waals surface area contributed by atoms with Gasteiger partial charge in [-0.25, -0.2) is 30.2 Å². The molecule has 4 aliphatic heterocycles. The van der Waals surface area contributed by atoms with Crippen molar-refractivity contribution in [2.24, 2.45) is 0 Å². The molecule has 4 aliphatic rings. The first kappa shape index (κ1) is 58.7. The van der Waals surface area contributed by atoms with Crippen molar-refractivity contribution >= 4 is 162 Å². The minimum atomic E-state index is -0.0649. The van der Waals surface area contributed by atoms with Gasteiger partial charge in [-0.3, -0.25) is 0 Å². The molecule has 0 amide bonds. The second-order valence-corrected chi connectivity index (χ2v) is 25.9. The zero-order valence-corrected chi connectivity index (χ0v) is 54.2. The van der Waals surface area contributed by atoms with E-state index in [0.29, 0.717) is 89.3 Å². The maximum absolute atomic E-state index is 9.68. The molecule has 5 aromatic heterocycles. The lowest BCUT2D eigenvalue weighted by Crippen LogP contribution is -2.14. The number of nitrogens with one attached hydrogen (secondary N) is 2. The number of H-pyrrole nitrogens is 2. The summed E-state index contributed by atoms with van der Waals surface area (Å²) in [4.78, 5) is 34.8. The lowest BCUT2D eigenvalue weighted by atomic mass is 10.0. The maximum Gasteiger partial charge on any atom is 0.262 e. The molecule has 2 N–H and O–H groups in total. The van der Waals surface area contributed by atoms with Crippen LogP contribution in [0.25, 0.3) is 113 Å². The number of fused-ring (bicyclic) bond motifs is 14. The first-order valence-corrected chi connectivity index (χ1v) is 33.7. The molecule has 0 aliphatic carbocycles. The van der Waals surface area contributed by atoms with Gasteiger partial charge in [-0.15, -0.1) is 0 Å². The summed E-state index contributed by atoms with van der Waals surface area (Å²) in [5.41, 5.74) is 20.9. The molecule has 17 rings (SSSR count). The Morgan fingerprint density at radius 3 is 1.13 bits per heavy atom. The van der Waals surface area contributed by atoms with E-state index in [0.717, 1.165) is 110 Å². The van der Waals surface area contributed by atoms with Crippen LogP contribution in [0.15, 0.2) is 225 Å². The number of rotatable bonds is 6. The number of aromatic amines is 2. The van der Waals surface area contributed by atoms with Crippen LogP contribution in [0.5, 0.6) is 0 Å². The quantitative estimate of drug-likeness (QED) is 0.0918. The topological polar surface area (TPSA) is 172 Å². The maximum atomic E-state index is 9.68. The zero-order chi connectivity index (χ0) is 65.8. The second kappa shape index (κ2) is 24.6. The summed E-state index contributed by atoms with van der Waals surface area (Å²) in [6, 6.07) is 70.5. The van der Waals surface area contributed by atoms with Gasteiger partial charge in [0.2, 0.25) is 0 Å². The van der Waals surface area contributed by atoms with Crippen molar-refractivity contribution in [1.82, 2.24) is 37.4 Å². The molecule has 0 fully saturated rings. The van der Waals surface area contributed by atoms with Gasteiger partial charge < -0.3 is 19.8 Å². The SMILES string of the molecule is [C-]#[N+]/C(C#N)=C\c1ccc(C#Cc2c3nc(c(-c4ccc(N5c6ccccc6Sc6ccccc65)cc4)c4ccc([nH]4)c(C#Cc4ccc(/C=C(\C#N)[N+]#[C-])c5nsnc45)c4nc(c(-c5ccc(N6c7ccccc7Sc7ccccc76)cc5)c5ccc2[nH]5)C=C4)C=C3)c2nsnc12. The third-order valence-electron chi connectivity index (χ3n) is 17.0. The molecular formula is C80H40N14S4. The van der Waals surface area contributed by atoms with E-state index in [1.54, 1.807) is 23.5 Å². The van der Waals surface area contributed by atoms with Crippen LogP contribution in [-0.2, 0) is 0 Å². The van der Waals surface area contributed by atoms with E-state index in [-0.39, 0.29) is 11.4 Å². The fraction of sp³-hybridized carbons (Fsp3) is 0. The highest BCUT2D eigenvalue weighted by Crippen LogP contribution is 2.53. The molecule has 0 spiro atoms. The minimum Gasteiger partial charge on any atom is -0.354 e. The van der Waals surface area contributed by atoms with Crippen molar-refractivity contribution in [2.75, 3.05) is 9.80 Å². The average Bonchev–Trinajstić information content (AvgIpc) is 0.983. The molecule has 9 heterocycles. The van der Waals surface area contributed by atoms with Gasteiger partial charge in [-0.2, -0.15) is 17.5 Å². The molecule has 0 unspecified atom stereocenters. The molecule has 18 heteroatoms. The van der Waals surface area contributed by atoms with Gasteiger partial charge >= 0.3 is 0 Å². The van der Waals surface area contributed by atoms with E-state index < -0.39 is 0 Å². The average molecular weight is 1330 g/mol. The third-order valence-corrected chi connectivity index (χ3v) is 20.4. The van der Waals surface area contributed by atoms with Crippen LogP contribution in [0.4, 0.5) is 34.1 Å². The summed E-state index contributed by atoms with van der Waals surface area (Å²) < 4.78 is 18.5. The van der Waals surface area contributed by atoms with Gasteiger partial charge in [0, 0.05) is 53.1 Å². The molecule has 454 valence electrons. The van der Waals surface area contributed by atoms with E-state index in [1.165, 1.54) is 12.2 Å². The van der Waals surface area contributed by atoms with Crippen molar-refractivity contribution in [2.45, 2.75) is 19.6 Å². The number of hydrogen-bond donors (Lipinski definition) is 2. The highest BCUT2D eigenvalue weighted by Gasteiger charge is 2.27. The van der Waals surface area contributed by atoms with Crippen molar-refractivity contribution in [3.05, 3.63) is 285 Å². The molecule has 13 aromatic rings. The Balaban J connectivity index is 0.906. The van der Waals surface area contributed by atoms with Gasteiger partial charge in [0.25, 0.3) is 11.4 Å². The number of nitrogens with zero attached hydrogens (tertiary/aromatic N) is 12. The van der Waals surface area contributed by atoms with Crippen LogP contribution in [0, 0.1) is 59.5 Å². The molecule has 8 aromatic carbocycles. The summed E-state index contributed by atoms with van der Waals surface area (Å²) >= 11 is 5.61. The predicted octanol–water partition coefficient (Wildman–Crippen LogP) is 20.2. The largest absolute Gasteiger partial charge is 0.354 e. The number of anilines is 6. The number of allylic oxidation sites excluding steroid dienone is 2. The van der Waals surface area contributed by atoms with Crippen molar-refractivity contribution < 1.29 is 0 Å². The zero-order valence-electron chi connectivity index (χ0n) is 50.9. The molecule has 0 saturated carbocycles. The molecule has 0 radical (unpaired) electrons.